The Hall–Kier alpha value is -3.50. The molecule has 6 rings (SSSR count). The summed E-state index contributed by atoms with van der Waals surface area (Å²) in [6.07, 6.45) is 5.59. The van der Waals surface area contributed by atoms with E-state index >= 15 is 0 Å². The van der Waals surface area contributed by atoms with E-state index in [4.69, 9.17) is 4.98 Å². The average Bonchev–Trinajstić information content (AvgIpc) is 3.37. The number of benzene rings is 2. The van der Waals surface area contributed by atoms with Gasteiger partial charge in [-0.15, -0.1) is 11.3 Å². The SMILES string of the molecule is c1cncc(-c2ccc(-n3c4ccccc4c4ccc5ccsc5c43)nc2)c1. The van der Waals surface area contributed by atoms with Crippen molar-refractivity contribution in [3.05, 3.63) is 90.7 Å². The lowest BCUT2D eigenvalue weighted by Crippen LogP contribution is -1.97. The van der Waals surface area contributed by atoms with Crippen molar-refractivity contribution < 1.29 is 0 Å². The molecule has 0 bridgehead atoms. The first-order valence-corrected chi connectivity index (χ1v) is 10.0. The number of aromatic nitrogens is 3. The van der Waals surface area contributed by atoms with Gasteiger partial charge in [-0.1, -0.05) is 36.4 Å². The number of hydrogen-bond donors (Lipinski definition) is 0. The Balaban J connectivity index is 1.66. The maximum Gasteiger partial charge on any atom is 0.137 e. The molecule has 0 saturated heterocycles. The Morgan fingerprint density at radius 1 is 0.750 bits per heavy atom. The van der Waals surface area contributed by atoms with Crippen LogP contribution in [0.15, 0.2) is 90.7 Å². The highest BCUT2D eigenvalue weighted by Gasteiger charge is 2.16. The molecular formula is C24H15N3S. The van der Waals surface area contributed by atoms with Crippen LogP contribution >= 0.6 is 11.3 Å². The lowest BCUT2D eigenvalue weighted by molar-refractivity contribution is 1.09. The summed E-state index contributed by atoms with van der Waals surface area (Å²) in [4.78, 5) is 9.04. The third-order valence-electron chi connectivity index (χ3n) is 5.23. The zero-order chi connectivity index (χ0) is 18.5. The van der Waals surface area contributed by atoms with Gasteiger partial charge in [0.1, 0.15) is 5.82 Å². The maximum atomic E-state index is 4.83. The molecule has 0 N–H and O–H groups in total. The normalized spacial score (nSPS) is 11.6. The first-order chi connectivity index (χ1) is 13.9. The van der Waals surface area contributed by atoms with Crippen LogP contribution in [0.5, 0.6) is 0 Å². The number of nitrogens with zero attached hydrogens (tertiary/aromatic N) is 3. The molecule has 0 unspecified atom stereocenters. The summed E-state index contributed by atoms with van der Waals surface area (Å²) in [5, 5.41) is 5.95. The van der Waals surface area contributed by atoms with Gasteiger partial charge in [-0.25, -0.2) is 4.98 Å². The molecule has 6 aromatic rings. The van der Waals surface area contributed by atoms with Gasteiger partial charge in [0.25, 0.3) is 0 Å². The van der Waals surface area contributed by atoms with Gasteiger partial charge < -0.3 is 0 Å². The predicted molar refractivity (Wildman–Crippen MR) is 117 cm³/mol. The van der Waals surface area contributed by atoms with E-state index in [0.717, 1.165) is 16.9 Å². The number of pyridine rings is 2. The van der Waals surface area contributed by atoms with Crippen molar-refractivity contribution in [3.8, 4) is 16.9 Å². The quantitative estimate of drug-likeness (QED) is 0.347. The Morgan fingerprint density at radius 2 is 1.68 bits per heavy atom. The number of hydrogen-bond acceptors (Lipinski definition) is 3. The van der Waals surface area contributed by atoms with E-state index in [2.05, 4.69) is 75.6 Å². The molecule has 4 heteroatoms. The fraction of sp³-hybridized carbons (Fsp3) is 0. The number of para-hydroxylation sites is 1. The molecule has 0 amide bonds. The van der Waals surface area contributed by atoms with E-state index in [0.29, 0.717) is 0 Å². The number of fused-ring (bicyclic) bond motifs is 5. The molecule has 2 aromatic carbocycles. The number of rotatable bonds is 2. The second-order valence-corrected chi connectivity index (χ2v) is 7.72. The second kappa shape index (κ2) is 6.01. The summed E-state index contributed by atoms with van der Waals surface area (Å²) in [7, 11) is 0. The highest BCUT2D eigenvalue weighted by Crippen LogP contribution is 2.38. The van der Waals surface area contributed by atoms with Crippen molar-refractivity contribution in [1.82, 2.24) is 14.5 Å². The van der Waals surface area contributed by atoms with Crippen LogP contribution < -0.4 is 0 Å². The van der Waals surface area contributed by atoms with Gasteiger partial charge in [-0.3, -0.25) is 9.55 Å². The van der Waals surface area contributed by atoms with E-state index in [1.54, 1.807) is 17.5 Å². The van der Waals surface area contributed by atoms with Crippen LogP contribution in [0, 0.1) is 0 Å². The minimum Gasteiger partial charge on any atom is -0.292 e. The fourth-order valence-electron chi connectivity index (χ4n) is 3.93. The Labute approximate surface area is 165 Å². The van der Waals surface area contributed by atoms with Crippen molar-refractivity contribution in [1.29, 1.82) is 0 Å². The van der Waals surface area contributed by atoms with Gasteiger partial charge in [0.15, 0.2) is 0 Å². The molecular weight excluding hydrogens is 362 g/mol. The minimum absolute atomic E-state index is 0.930. The van der Waals surface area contributed by atoms with Gasteiger partial charge in [0, 0.05) is 40.5 Å². The van der Waals surface area contributed by atoms with Crippen molar-refractivity contribution in [3.63, 3.8) is 0 Å². The van der Waals surface area contributed by atoms with Crippen LogP contribution in [-0.4, -0.2) is 14.5 Å². The summed E-state index contributed by atoms with van der Waals surface area (Å²) < 4.78 is 3.59. The molecule has 0 radical (unpaired) electrons. The molecule has 132 valence electrons. The standard InChI is InChI=1S/C24H15N3S/c1-2-6-21-19(5-1)20-9-7-16-11-13-28-24(16)23(20)27(21)22-10-8-18(15-26-22)17-4-3-12-25-14-17/h1-15H. The first-order valence-electron chi connectivity index (χ1n) is 9.16. The van der Waals surface area contributed by atoms with Crippen LogP contribution in [0.3, 0.4) is 0 Å². The van der Waals surface area contributed by atoms with Crippen LogP contribution in [0.25, 0.3) is 48.8 Å². The molecule has 0 fully saturated rings. The average molecular weight is 377 g/mol. The van der Waals surface area contributed by atoms with Gasteiger partial charge in [-0.05, 0) is 41.1 Å². The van der Waals surface area contributed by atoms with Gasteiger partial charge in [0.2, 0.25) is 0 Å². The zero-order valence-corrected chi connectivity index (χ0v) is 15.7. The van der Waals surface area contributed by atoms with Crippen LogP contribution in [0.1, 0.15) is 0 Å². The Bertz CT molecular complexity index is 1440. The van der Waals surface area contributed by atoms with E-state index < -0.39 is 0 Å². The number of thiophene rings is 1. The summed E-state index contributed by atoms with van der Waals surface area (Å²) in [6.45, 7) is 0. The highest BCUT2D eigenvalue weighted by molar-refractivity contribution is 7.18. The van der Waals surface area contributed by atoms with E-state index in [1.807, 2.05) is 18.5 Å². The van der Waals surface area contributed by atoms with Crippen molar-refractivity contribution in [2.45, 2.75) is 0 Å². The third kappa shape index (κ3) is 2.22. The fourth-order valence-corrected chi connectivity index (χ4v) is 4.87. The lowest BCUT2D eigenvalue weighted by Gasteiger charge is -2.08. The van der Waals surface area contributed by atoms with E-state index in [-0.39, 0.29) is 0 Å². The molecule has 0 saturated carbocycles. The monoisotopic (exact) mass is 377 g/mol. The second-order valence-electron chi connectivity index (χ2n) is 6.80. The first kappa shape index (κ1) is 15.5. The van der Waals surface area contributed by atoms with Crippen molar-refractivity contribution in [2.75, 3.05) is 0 Å². The molecule has 4 heterocycles. The summed E-state index contributed by atoms with van der Waals surface area (Å²) in [5.74, 6) is 0.930. The highest BCUT2D eigenvalue weighted by atomic mass is 32.1. The van der Waals surface area contributed by atoms with Crippen LogP contribution in [0.4, 0.5) is 0 Å². The smallest absolute Gasteiger partial charge is 0.137 e. The Kier molecular flexibility index (Phi) is 3.34. The molecule has 0 aliphatic rings. The van der Waals surface area contributed by atoms with Crippen LogP contribution in [0.2, 0.25) is 0 Å². The summed E-state index contributed by atoms with van der Waals surface area (Å²) in [6, 6.07) is 23.4. The molecule has 0 aliphatic carbocycles. The minimum atomic E-state index is 0.930. The van der Waals surface area contributed by atoms with E-state index in [1.165, 1.54) is 31.9 Å². The van der Waals surface area contributed by atoms with E-state index in [9.17, 15) is 0 Å². The van der Waals surface area contributed by atoms with Gasteiger partial charge in [-0.2, -0.15) is 0 Å². The van der Waals surface area contributed by atoms with Gasteiger partial charge in [0.05, 0.1) is 15.7 Å². The molecule has 0 spiro atoms. The predicted octanol–water partition coefficient (Wildman–Crippen LogP) is 6.46. The lowest BCUT2D eigenvalue weighted by atomic mass is 10.1. The van der Waals surface area contributed by atoms with Crippen molar-refractivity contribution >= 4 is 43.2 Å². The maximum absolute atomic E-state index is 4.83. The van der Waals surface area contributed by atoms with Crippen molar-refractivity contribution in [2.24, 2.45) is 0 Å². The largest absolute Gasteiger partial charge is 0.292 e. The molecule has 3 nitrogen and oxygen atoms in total. The van der Waals surface area contributed by atoms with Crippen LogP contribution in [-0.2, 0) is 0 Å². The molecule has 4 aromatic heterocycles. The zero-order valence-electron chi connectivity index (χ0n) is 14.9. The molecule has 0 aliphatic heterocycles. The Morgan fingerprint density at radius 3 is 2.54 bits per heavy atom. The third-order valence-corrected chi connectivity index (χ3v) is 6.16. The summed E-state index contributed by atoms with van der Waals surface area (Å²) in [5.41, 5.74) is 4.55. The summed E-state index contributed by atoms with van der Waals surface area (Å²) >= 11 is 1.78. The molecule has 0 atom stereocenters. The molecule has 28 heavy (non-hydrogen) atoms. The topological polar surface area (TPSA) is 30.7 Å². The van der Waals surface area contributed by atoms with Gasteiger partial charge >= 0.3 is 0 Å².